The molecule has 0 radical (unpaired) electrons. The molecule has 3 aromatic rings. The molecule has 0 unspecified atom stereocenters. The van der Waals surface area contributed by atoms with Crippen LogP contribution in [0.3, 0.4) is 0 Å². The van der Waals surface area contributed by atoms with Crippen LogP contribution >= 0.6 is 0 Å². The lowest BCUT2D eigenvalue weighted by Gasteiger charge is -2.15. The fourth-order valence-corrected chi connectivity index (χ4v) is 2.90. The van der Waals surface area contributed by atoms with Gasteiger partial charge in [0.1, 0.15) is 24.1 Å². The van der Waals surface area contributed by atoms with Crippen LogP contribution < -0.4 is 14.8 Å². The van der Waals surface area contributed by atoms with E-state index in [1.165, 1.54) is 7.11 Å². The Bertz CT molecular complexity index is 986. The molecule has 0 aliphatic carbocycles. The van der Waals surface area contributed by atoms with E-state index in [4.69, 9.17) is 9.47 Å². The van der Waals surface area contributed by atoms with Gasteiger partial charge < -0.3 is 19.9 Å². The second-order valence-corrected chi connectivity index (χ2v) is 6.72. The lowest BCUT2D eigenvalue weighted by atomic mass is 10.1. The largest absolute Gasteiger partial charge is 0.497 e. The number of hydrogen-bond donors (Lipinski definition) is 2. The van der Waals surface area contributed by atoms with Gasteiger partial charge in [-0.15, -0.1) is 0 Å². The predicted molar refractivity (Wildman–Crippen MR) is 113 cm³/mol. The van der Waals surface area contributed by atoms with E-state index >= 15 is 0 Å². The highest BCUT2D eigenvalue weighted by atomic mass is 16.5. The van der Waals surface area contributed by atoms with Crippen LogP contribution in [0.1, 0.15) is 21.5 Å². The predicted octanol–water partition coefficient (Wildman–Crippen LogP) is 3.70. The van der Waals surface area contributed by atoms with Gasteiger partial charge in [-0.2, -0.15) is 0 Å². The molecular weight excluding hydrogens is 382 g/mol. The van der Waals surface area contributed by atoms with E-state index in [-0.39, 0.29) is 6.42 Å². The molecule has 0 aromatic heterocycles. The fraction of sp³-hybridized carbons (Fsp3) is 0.167. The molecule has 6 nitrogen and oxygen atoms in total. The van der Waals surface area contributed by atoms with Crippen LogP contribution in [-0.2, 0) is 17.8 Å². The van der Waals surface area contributed by atoms with Gasteiger partial charge in [-0.3, -0.25) is 4.79 Å². The van der Waals surface area contributed by atoms with Crippen LogP contribution in [0.15, 0.2) is 78.9 Å². The number of carboxylic acid groups (broad SMARTS) is 1. The first-order valence-corrected chi connectivity index (χ1v) is 9.48. The highest BCUT2D eigenvalue weighted by Gasteiger charge is 2.21. The number of ether oxygens (including phenoxy) is 2. The van der Waals surface area contributed by atoms with Gasteiger partial charge in [0.05, 0.1) is 7.11 Å². The molecule has 0 bridgehead atoms. The van der Waals surface area contributed by atoms with Crippen LogP contribution in [-0.4, -0.2) is 30.1 Å². The Kier molecular flexibility index (Phi) is 7.05. The smallest absolute Gasteiger partial charge is 0.326 e. The summed E-state index contributed by atoms with van der Waals surface area (Å²) in [5, 5.41) is 12.1. The zero-order chi connectivity index (χ0) is 21.3. The number of nitrogens with one attached hydrogen (secondary N) is 1. The van der Waals surface area contributed by atoms with Crippen molar-refractivity contribution >= 4 is 11.9 Å². The van der Waals surface area contributed by atoms with Gasteiger partial charge in [0.15, 0.2) is 0 Å². The summed E-state index contributed by atoms with van der Waals surface area (Å²) < 4.78 is 10.8. The number of rotatable bonds is 9. The molecule has 1 amide bonds. The standard InChI is InChI=1S/C24H23NO5/c1-29-21-9-5-8-19(15-21)23(26)25-22(24(27)28)14-17-10-12-20(13-11-17)30-16-18-6-3-2-4-7-18/h2-13,15,22H,14,16H2,1H3,(H,25,26)(H,27,28)/t22-/m0/s1. The average molecular weight is 405 g/mol. The number of methoxy groups -OCH3 is 1. The minimum atomic E-state index is -1.10. The van der Waals surface area contributed by atoms with Gasteiger partial charge in [-0.1, -0.05) is 48.5 Å². The summed E-state index contributed by atoms with van der Waals surface area (Å²) in [7, 11) is 1.50. The van der Waals surface area contributed by atoms with E-state index in [1.54, 1.807) is 48.5 Å². The van der Waals surface area contributed by atoms with Crippen molar-refractivity contribution < 1.29 is 24.2 Å². The Morgan fingerprint density at radius 2 is 1.63 bits per heavy atom. The lowest BCUT2D eigenvalue weighted by molar-refractivity contribution is -0.139. The van der Waals surface area contributed by atoms with E-state index in [0.29, 0.717) is 23.7 Å². The van der Waals surface area contributed by atoms with Gasteiger partial charge in [-0.25, -0.2) is 4.79 Å². The van der Waals surface area contributed by atoms with Crippen molar-refractivity contribution in [2.45, 2.75) is 19.1 Å². The van der Waals surface area contributed by atoms with Crippen LogP contribution in [0.2, 0.25) is 0 Å². The van der Waals surface area contributed by atoms with Crippen molar-refractivity contribution in [2.24, 2.45) is 0 Å². The Morgan fingerprint density at radius 3 is 2.30 bits per heavy atom. The summed E-state index contributed by atoms with van der Waals surface area (Å²) in [6.45, 7) is 0.453. The molecule has 3 aromatic carbocycles. The number of carbonyl (C=O) groups is 2. The summed E-state index contributed by atoms with van der Waals surface area (Å²) in [6, 6.07) is 22.5. The number of hydrogen-bond acceptors (Lipinski definition) is 4. The Balaban J connectivity index is 1.60. The Morgan fingerprint density at radius 1 is 0.900 bits per heavy atom. The van der Waals surface area contributed by atoms with E-state index in [9.17, 15) is 14.7 Å². The molecule has 6 heteroatoms. The summed E-state index contributed by atoms with van der Waals surface area (Å²) >= 11 is 0. The molecule has 2 N–H and O–H groups in total. The van der Waals surface area contributed by atoms with Crippen molar-refractivity contribution in [3.8, 4) is 11.5 Å². The van der Waals surface area contributed by atoms with Gasteiger partial charge in [0, 0.05) is 12.0 Å². The summed E-state index contributed by atoms with van der Waals surface area (Å²) in [5.41, 5.74) is 2.18. The quantitative estimate of drug-likeness (QED) is 0.567. The third-order valence-electron chi connectivity index (χ3n) is 4.55. The summed E-state index contributed by atoms with van der Waals surface area (Å²) in [4.78, 5) is 24.1. The zero-order valence-corrected chi connectivity index (χ0v) is 16.6. The highest BCUT2D eigenvalue weighted by Crippen LogP contribution is 2.16. The van der Waals surface area contributed by atoms with E-state index in [1.807, 2.05) is 30.3 Å². The van der Waals surface area contributed by atoms with Crippen molar-refractivity contribution in [3.05, 3.63) is 95.6 Å². The van der Waals surface area contributed by atoms with Gasteiger partial charge in [0.25, 0.3) is 5.91 Å². The van der Waals surface area contributed by atoms with Crippen molar-refractivity contribution in [2.75, 3.05) is 7.11 Å². The second kappa shape index (κ2) is 10.1. The number of benzene rings is 3. The average Bonchev–Trinajstić information content (AvgIpc) is 2.78. The first kappa shape index (κ1) is 20.9. The molecule has 3 rings (SSSR count). The lowest BCUT2D eigenvalue weighted by Crippen LogP contribution is -2.42. The number of carbonyl (C=O) groups excluding carboxylic acids is 1. The second-order valence-electron chi connectivity index (χ2n) is 6.72. The van der Waals surface area contributed by atoms with Crippen LogP contribution in [0.5, 0.6) is 11.5 Å². The third kappa shape index (κ3) is 5.85. The highest BCUT2D eigenvalue weighted by molar-refractivity contribution is 5.97. The molecule has 1 atom stereocenters. The molecular formula is C24H23NO5. The molecule has 0 saturated carbocycles. The molecule has 0 heterocycles. The zero-order valence-electron chi connectivity index (χ0n) is 16.6. The van der Waals surface area contributed by atoms with Gasteiger partial charge in [-0.05, 0) is 41.5 Å². The van der Waals surface area contributed by atoms with Crippen LogP contribution in [0.4, 0.5) is 0 Å². The van der Waals surface area contributed by atoms with Gasteiger partial charge in [0.2, 0.25) is 0 Å². The monoisotopic (exact) mass is 405 g/mol. The Hall–Kier alpha value is -3.80. The molecule has 0 saturated heterocycles. The van der Waals surface area contributed by atoms with Crippen LogP contribution in [0.25, 0.3) is 0 Å². The van der Waals surface area contributed by atoms with Crippen LogP contribution in [0, 0.1) is 0 Å². The normalized spacial score (nSPS) is 11.4. The molecule has 30 heavy (non-hydrogen) atoms. The van der Waals surface area contributed by atoms with Crippen molar-refractivity contribution in [1.29, 1.82) is 0 Å². The fourth-order valence-electron chi connectivity index (χ4n) is 2.90. The first-order chi connectivity index (χ1) is 14.5. The van der Waals surface area contributed by atoms with E-state index < -0.39 is 17.9 Å². The minimum absolute atomic E-state index is 0.157. The third-order valence-corrected chi connectivity index (χ3v) is 4.55. The molecule has 0 spiro atoms. The molecule has 154 valence electrons. The Labute approximate surface area is 175 Å². The van der Waals surface area contributed by atoms with Crippen molar-refractivity contribution in [1.82, 2.24) is 5.32 Å². The maximum Gasteiger partial charge on any atom is 0.326 e. The number of amides is 1. The number of aliphatic carboxylic acids is 1. The topological polar surface area (TPSA) is 84.9 Å². The minimum Gasteiger partial charge on any atom is -0.497 e. The molecule has 0 aliphatic heterocycles. The number of carboxylic acids is 1. The SMILES string of the molecule is COc1cccc(C(=O)N[C@@H](Cc2ccc(OCc3ccccc3)cc2)C(=O)O)c1. The molecule has 0 aliphatic rings. The maximum absolute atomic E-state index is 12.4. The summed E-state index contributed by atoms with van der Waals surface area (Å²) in [5.74, 6) is -0.352. The first-order valence-electron chi connectivity index (χ1n) is 9.48. The van der Waals surface area contributed by atoms with E-state index in [0.717, 1.165) is 11.1 Å². The summed E-state index contributed by atoms with van der Waals surface area (Å²) in [6.07, 6.45) is 0.157. The van der Waals surface area contributed by atoms with Crippen molar-refractivity contribution in [3.63, 3.8) is 0 Å². The van der Waals surface area contributed by atoms with E-state index in [2.05, 4.69) is 5.32 Å². The maximum atomic E-state index is 12.4. The molecule has 0 fully saturated rings. The van der Waals surface area contributed by atoms with Gasteiger partial charge >= 0.3 is 5.97 Å².